The Hall–Kier alpha value is -1.37. The van der Waals surface area contributed by atoms with Crippen molar-refractivity contribution in [2.45, 2.75) is 13.4 Å². The topological polar surface area (TPSA) is 63.4 Å². The molecule has 0 spiro atoms. The van der Waals surface area contributed by atoms with Crippen LogP contribution in [0.4, 0.5) is 5.69 Å². The Bertz CT molecular complexity index is 492. The van der Waals surface area contributed by atoms with Crippen molar-refractivity contribution in [3.63, 3.8) is 0 Å². The predicted molar refractivity (Wildman–Crippen MR) is 63.7 cm³/mol. The first-order chi connectivity index (χ1) is 7.54. The van der Waals surface area contributed by atoms with E-state index in [0.717, 1.165) is 5.56 Å². The lowest BCUT2D eigenvalue weighted by molar-refractivity contribution is -0.385. The molecular formula is C9H8BBrN2O3. The molecule has 0 N–H and O–H groups in total. The first-order valence-electron chi connectivity index (χ1n) is 4.80. The molecule has 0 bridgehead atoms. The van der Waals surface area contributed by atoms with E-state index in [-0.39, 0.29) is 11.6 Å². The van der Waals surface area contributed by atoms with E-state index in [2.05, 4.69) is 15.9 Å². The van der Waals surface area contributed by atoms with Crippen LogP contribution in [0.3, 0.4) is 0 Å². The van der Waals surface area contributed by atoms with Gasteiger partial charge in [-0.15, -0.1) is 0 Å². The van der Waals surface area contributed by atoms with Gasteiger partial charge in [-0.2, -0.15) is 0 Å². The van der Waals surface area contributed by atoms with E-state index in [4.69, 9.17) is 0 Å². The fourth-order valence-electron chi connectivity index (χ4n) is 1.77. The summed E-state index contributed by atoms with van der Waals surface area (Å²) in [6, 6.07) is 2.78. The Morgan fingerprint density at radius 2 is 2.25 bits per heavy atom. The summed E-state index contributed by atoms with van der Waals surface area (Å²) in [7, 11) is 0.605. The third kappa shape index (κ3) is 1.61. The summed E-state index contributed by atoms with van der Waals surface area (Å²) in [6.07, 6.45) is 0. The number of benzene rings is 1. The number of non-ortho nitro benzene ring substituents is 1. The molecule has 0 saturated heterocycles. The van der Waals surface area contributed by atoms with E-state index < -0.39 is 4.92 Å². The van der Waals surface area contributed by atoms with Gasteiger partial charge in [-0.3, -0.25) is 14.9 Å². The van der Waals surface area contributed by atoms with Gasteiger partial charge in [-0.1, -0.05) is 22.8 Å². The number of carbonyl (C=O) groups excluding carboxylic acids is 1. The van der Waals surface area contributed by atoms with Crippen LogP contribution in [0.5, 0.6) is 0 Å². The van der Waals surface area contributed by atoms with Gasteiger partial charge in [-0.25, -0.2) is 0 Å². The highest BCUT2D eigenvalue weighted by Gasteiger charge is 2.30. The fraction of sp³-hybridized carbons (Fsp3) is 0.222. The Morgan fingerprint density at radius 1 is 1.56 bits per heavy atom. The Labute approximate surface area is 101 Å². The number of carbonyl (C=O) groups is 1. The first-order valence-corrected chi connectivity index (χ1v) is 5.60. The van der Waals surface area contributed by atoms with Crippen molar-refractivity contribution in [3.05, 3.63) is 37.8 Å². The standard InChI is InChI=1S/C9H8BBrN2O3/c1-10-12-4-7-6(9(12)14)2-5(13(15)16)3-8(7)11/h2-3,10H,4H2,1H3. The molecule has 1 aliphatic heterocycles. The fourth-order valence-corrected chi connectivity index (χ4v) is 2.34. The molecule has 1 aromatic rings. The van der Waals surface area contributed by atoms with Gasteiger partial charge >= 0.3 is 0 Å². The Kier molecular flexibility index (Phi) is 2.71. The molecule has 0 aliphatic carbocycles. The summed E-state index contributed by atoms with van der Waals surface area (Å²) < 4.78 is 0.626. The SMILES string of the molecule is CBN1Cc2c(Br)cc([N+](=O)[O-])cc2C1=O. The number of fused-ring (bicyclic) bond motifs is 1. The second kappa shape index (κ2) is 3.90. The van der Waals surface area contributed by atoms with Crippen molar-refractivity contribution >= 4 is 34.9 Å². The molecule has 1 aliphatic rings. The number of halogens is 1. The lowest BCUT2D eigenvalue weighted by atomic mass is 9.97. The van der Waals surface area contributed by atoms with Gasteiger partial charge in [-0.05, 0) is 5.56 Å². The zero-order valence-electron chi connectivity index (χ0n) is 8.57. The maximum atomic E-state index is 11.8. The number of hydrogen-bond acceptors (Lipinski definition) is 3. The van der Waals surface area contributed by atoms with E-state index in [1.807, 2.05) is 6.82 Å². The van der Waals surface area contributed by atoms with Crippen molar-refractivity contribution in [1.82, 2.24) is 4.81 Å². The first kappa shape index (κ1) is 11.1. The van der Waals surface area contributed by atoms with E-state index in [1.54, 1.807) is 4.81 Å². The molecule has 1 amide bonds. The molecule has 0 aromatic heterocycles. The third-order valence-electron chi connectivity index (χ3n) is 2.64. The molecule has 1 aromatic carbocycles. The summed E-state index contributed by atoms with van der Waals surface area (Å²) >= 11 is 3.27. The predicted octanol–water partition coefficient (Wildman–Crippen LogP) is 1.71. The highest BCUT2D eigenvalue weighted by molar-refractivity contribution is 9.10. The van der Waals surface area contributed by atoms with Gasteiger partial charge in [0, 0.05) is 23.2 Å². The van der Waals surface area contributed by atoms with Crippen molar-refractivity contribution in [3.8, 4) is 0 Å². The van der Waals surface area contributed by atoms with Crippen molar-refractivity contribution in [2.24, 2.45) is 0 Å². The summed E-state index contributed by atoms with van der Waals surface area (Å²) in [5, 5.41) is 10.7. The van der Waals surface area contributed by atoms with Gasteiger partial charge in [0.2, 0.25) is 13.3 Å². The Morgan fingerprint density at radius 3 is 2.81 bits per heavy atom. The number of nitro groups is 1. The normalized spacial score (nSPS) is 13.9. The quantitative estimate of drug-likeness (QED) is 0.471. The highest BCUT2D eigenvalue weighted by Crippen LogP contribution is 2.32. The van der Waals surface area contributed by atoms with Crippen LogP contribution in [0, 0.1) is 10.1 Å². The van der Waals surface area contributed by atoms with Gasteiger partial charge in [0.15, 0.2) is 0 Å². The van der Waals surface area contributed by atoms with Crippen molar-refractivity contribution in [2.75, 3.05) is 0 Å². The van der Waals surface area contributed by atoms with E-state index in [9.17, 15) is 14.9 Å². The minimum absolute atomic E-state index is 0.0584. The van der Waals surface area contributed by atoms with Crippen LogP contribution in [0.15, 0.2) is 16.6 Å². The molecule has 0 atom stereocenters. The van der Waals surface area contributed by atoms with Crippen molar-refractivity contribution < 1.29 is 9.72 Å². The van der Waals surface area contributed by atoms with Gasteiger partial charge in [0.1, 0.15) is 0 Å². The van der Waals surface area contributed by atoms with Crippen LogP contribution in [0.1, 0.15) is 15.9 Å². The van der Waals surface area contributed by atoms with E-state index in [1.165, 1.54) is 12.1 Å². The molecule has 5 nitrogen and oxygen atoms in total. The number of amides is 1. The maximum absolute atomic E-state index is 11.8. The molecular weight excluding hydrogens is 275 g/mol. The number of hydrogen-bond donors (Lipinski definition) is 0. The zero-order chi connectivity index (χ0) is 11.9. The number of nitrogens with zero attached hydrogens (tertiary/aromatic N) is 2. The zero-order valence-corrected chi connectivity index (χ0v) is 10.2. The van der Waals surface area contributed by atoms with Crippen LogP contribution in [0.25, 0.3) is 0 Å². The second-order valence-electron chi connectivity index (χ2n) is 3.53. The van der Waals surface area contributed by atoms with Crippen LogP contribution in [0.2, 0.25) is 6.82 Å². The molecule has 0 unspecified atom stereocenters. The largest absolute Gasteiger partial charge is 0.382 e. The highest BCUT2D eigenvalue weighted by atomic mass is 79.9. The third-order valence-corrected chi connectivity index (χ3v) is 3.35. The average molecular weight is 283 g/mol. The van der Waals surface area contributed by atoms with Crippen molar-refractivity contribution in [1.29, 1.82) is 0 Å². The molecule has 1 heterocycles. The maximum Gasteiger partial charge on any atom is 0.271 e. The van der Waals surface area contributed by atoms with Crippen LogP contribution in [-0.4, -0.2) is 23.1 Å². The lowest BCUT2D eigenvalue weighted by Crippen LogP contribution is -2.25. The summed E-state index contributed by atoms with van der Waals surface area (Å²) in [5.41, 5.74) is 1.21. The summed E-state index contributed by atoms with van der Waals surface area (Å²) in [6.45, 7) is 2.40. The van der Waals surface area contributed by atoms with Crippen LogP contribution in [-0.2, 0) is 6.54 Å². The van der Waals surface area contributed by atoms with Gasteiger partial charge in [0.05, 0.1) is 10.5 Å². The molecule has 2 rings (SSSR count). The smallest absolute Gasteiger partial charge is 0.271 e. The molecule has 82 valence electrons. The van der Waals surface area contributed by atoms with Gasteiger partial charge in [0.25, 0.3) is 5.69 Å². The van der Waals surface area contributed by atoms with Gasteiger partial charge < -0.3 is 4.81 Å². The number of nitro benzene ring substituents is 1. The lowest BCUT2D eigenvalue weighted by Gasteiger charge is -2.10. The second-order valence-corrected chi connectivity index (χ2v) is 4.38. The summed E-state index contributed by atoms with van der Waals surface area (Å²) in [4.78, 5) is 23.7. The van der Waals surface area contributed by atoms with E-state index in [0.29, 0.717) is 24.0 Å². The van der Waals surface area contributed by atoms with Crippen LogP contribution < -0.4 is 0 Å². The Balaban J connectivity index is 2.55. The minimum Gasteiger partial charge on any atom is -0.382 e. The number of rotatable bonds is 2. The molecule has 0 saturated carbocycles. The van der Waals surface area contributed by atoms with E-state index >= 15 is 0 Å². The van der Waals surface area contributed by atoms with Crippen LogP contribution >= 0.6 is 15.9 Å². The molecule has 0 radical (unpaired) electrons. The molecule has 0 fully saturated rings. The summed E-state index contributed by atoms with van der Waals surface area (Å²) in [5.74, 6) is -0.137. The molecule has 7 heteroatoms. The monoisotopic (exact) mass is 282 g/mol. The average Bonchev–Trinajstić information content (AvgIpc) is 2.56. The minimum atomic E-state index is -0.493. The molecule has 16 heavy (non-hydrogen) atoms.